The van der Waals surface area contributed by atoms with Crippen molar-refractivity contribution in [2.45, 2.75) is 6.92 Å². The second-order valence-corrected chi connectivity index (χ2v) is 1.58. The topological polar surface area (TPSA) is 74.3 Å². The molecule has 0 bridgehead atoms. The predicted molar refractivity (Wildman–Crippen MR) is 25.2 cm³/mol. The van der Waals surface area contributed by atoms with Crippen molar-refractivity contribution >= 4 is 18.0 Å². The van der Waals surface area contributed by atoms with Gasteiger partial charge in [-0.25, -0.2) is 0 Å². The summed E-state index contributed by atoms with van der Waals surface area (Å²) in [5, 5.41) is 9.68. The van der Waals surface area contributed by atoms with Gasteiger partial charge in [0.25, 0.3) is 0 Å². The van der Waals surface area contributed by atoms with E-state index >= 15 is 0 Å². The molecule has 0 fully saturated rings. The summed E-state index contributed by atoms with van der Waals surface area (Å²) in [6, 6.07) is 0. The first kappa shape index (κ1) is 12.5. The third-order valence-electron chi connectivity index (χ3n) is 0.819. The van der Waals surface area contributed by atoms with Crippen molar-refractivity contribution in [1.29, 1.82) is 0 Å². The number of ketones is 1. The van der Waals surface area contributed by atoms with Crippen LogP contribution in [0.5, 0.6) is 0 Å². The smallest absolute Gasteiger partial charge is 0.542 e. The monoisotopic (exact) mass is 152 g/mol. The summed E-state index contributed by atoms with van der Waals surface area (Å²) >= 11 is 0. The van der Waals surface area contributed by atoms with E-state index in [0.29, 0.717) is 0 Å². The Bertz CT molecular complexity index is 154. The number of hydrogen-bond acceptors (Lipinski definition) is 4. The molecule has 0 N–H and O–H groups in total. The van der Waals surface area contributed by atoms with E-state index in [2.05, 4.69) is 0 Å². The van der Waals surface area contributed by atoms with Crippen LogP contribution < -0.4 is 34.7 Å². The first-order valence-corrected chi connectivity index (χ1v) is 2.30. The van der Waals surface area contributed by atoms with Crippen molar-refractivity contribution in [3.05, 3.63) is 0 Å². The van der Waals surface area contributed by atoms with Crippen molar-refractivity contribution < 1.29 is 49.0 Å². The van der Waals surface area contributed by atoms with Crippen LogP contribution in [0.3, 0.4) is 0 Å². The van der Waals surface area contributed by atoms with Crippen LogP contribution in [0.2, 0.25) is 0 Å². The van der Waals surface area contributed by atoms with Gasteiger partial charge < -0.3 is 14.7 Å². The zero-order valence-corrected chi connectivity index (χ0v) is 7.79. The predicted octanol–water partition coefficient (Wildman–Crippen LogP) is -4.86. The molecule has 0 amide bonds. The SMILES string of the molecule is CC(C=O)C(=O)C(=O)[O-].[Na+]. The van der Waals surface area contributed by atoms with Gasteiger partial charge in [-0.3, -0.25) is 4.79 Å². The van der Waals surface area contributed by atoms with Gasteiger partial charge in [-0.15, -0.1) is 0 Å². The molecule has 10 heavy (non-hydrogen) atoms. The average molecular weight is 152 g/mol. The Morgan fingerprint density at radius 2 is 1.90 bits per heavy atom. The number of hydrogen-bond donors (Lipinski definition) is 0. The molecule has 0 heterocycles. The quantitative estimate of drug-likeness (QED) is 0.176. The molecular weight excluding hydrogens is 147 g/mol. The molecule has 1 atom stereocenters. The van der Waals surface area contributed by atoms with E-state index < -0.39 is 17.7 Å². The maximum absolute atomic E-state index is 10.2. The maximum atomic E-state index is 10.2. The molecule has 0 rings (SSSR count). The summed E-state index contributed by atoms with van der Waals surface area (Å²) in [5.74, 6) is -4.07. The van der Waals surface area contributed by atoms with Crippen LogP contribution in [0.1, 0.15) is 6.92 Å². The Morgan fingerprint density at radius 1 is 1.50 bits per heavy atom. The van der Waals surface area contributed by atoms with Crippen LogP contribution in [0.4, 0.5) is 0 Å². The minimum atomic E-state index is -1.81. The van der Waals surface area contributed by atoms with Gasteiger partial charge in [0.1, 0.15) is 12.3 Å². The summed E-state index contributed by atoms with van der Waals surface area (Å²) < 4.78 is 0. The molecule has 0 aromatic heterocycles. The van der Waals surface area contributed by atoms with Crippen LogP contribution in [-0.4, -0.2) is 18.0 Å². The van der Waals surface area contributed by atoms with E-state index in [9.17, 15) is 19.5 Å². The standard InChI is InChI=1S/C5H6O4.Na/c1-3(2-6)4(7)5(8)9;/h2-3H,1H3,(H,8,9);/q;+1/p-1. The molecular formula is C5H5NaO4. The van der Waals surface area contributed by atoms with Gasteiger partial charge >= 0.3 is 29.6 Å². The zero-order valence-electron chi connectivity index (χ0n) is 5.79. The number of carboxylic acids is 1. The number of carbonyl (C=O) groups is 3. The molecule has 0 aliphatic rings. The minimum Gasteiger partial charge on any atom is -0.542 e. The number of rotatable bonds is 3. The van der Waals surface area contributed by atoms with Gasteiger partial charge in [-0.05, 0) is 6.92 Å². The fraction of sp³-hybridized carbons (Fsp3) is 0.400. The molecule has 0 aliphatic heterocycles. The second-order valence-electron chi connectivity index (χ2n) is 1.58. The Kier molecular flexibility index (Phi) is 6.97. The largest absolute Gasteiger partial charge is 1.00 e. The van der Waals surface area contributed by atoms with Gasteiger partial charge in [0.05, 0.1) is 5.92 Å². The summed E-state index contributed by atoms with van der Waals surface area (Å²) in [4.78, 5) is 29.6. The molecule has 0 saturated heterocycles. The fourth-order valence-electron chi connectivity index (χ4n) is 0.248. The Balaban J connectivity index is 0. The van der Waals surface area contributed by atoms with Gasteiger partial charge in [0.15, 0.2) is 5.78 Å². The van der Waals surface area contributed by atoms with E-state index in [-0.39, 0.29) is 35.8 Å². The summed E-state index contributed by atoms with van der Waals surface area (Å²) in [6.07, 6.45) is 0.262. The van der Waals surface area contributed by atoms with Crippen molar-refractivity contribution in [2.24, 2.45) is 5.92 Å². The molecule has 0 radical (unpaired) electrons. The van der Waals surface area contributed by atoms with Gasteiger partial charge in [0.2, 0.25) is 0 Å². The zero-order chi connectivity index (χ0) is 7.44. The molecule has 50 valence electrons. The Labute approximate surface area is 79.9 Å². The third kappa shape index (κ3) is 3.76. The Morgan fingerprint density at radius 3 is 2.00 bits per heavy atom. The van der Waals surface area contributed by atoms with E-state index in [1.165, 1.54) is 6.92 Å². The summed E-state index contributed by atoms with van der Waals surface area (Å²) in [6.45, 7) is 1.20. The average Bonchev–Trinajstić information content (AvgIpc) is 1.84. The van der Waals surface area contributed by atoms with E-state index in [4.69, 9.17) is 0 Å². The van der Waals surface area contributed by atoms with Crippen LogP contribution in [0.15, 0.2) is 0 Å². The van der Waals surface area contributed by atoms with Gasteiger partial charge in [-0.1, -0.05) is 0 Å². The minimum absolute atomic E-state index is 0. The third-order valence-corrected chi connectivity index (χ3v) is 0.819. The molecule has 0 spiro atoms. The Hall–Kier alpha value is -0.190. The fourth-order valence-corrected chi connectivity index (χ4v) is 0.248. The van der Waals surface area contributed by atoms with E-state index in [0.717, 1.165) is 0 Å². The van der Waals surface area contributed by atoms with Gasteiger partial charge in [0, 0.05) is 0 Å². The van der Waals surface area contributed by atoms with E-state index in [1.807, 2.05) is 0 Å². The molecule has 0 aromatic rings. The van der Waals surface area contributed by atoms with Crippen molar-refractivity contribution in [2.75, 3.05) is 0 Å². The second kappa shape index (κ2) is 5.58. The first-order valence-electron chi connectivity index (χ1n) is 2.30. The number of carboxylic acid groups (broad SMARTS) is 1. The van der Waals surface area contributed by atoms with E-state index in [1.54, 1.807) is 0 Å². The van der Waals surface area contributed by atoms with Crippen LogP contribution in [-0.2, 0) is 14.4 Å². The number of aliphatic carboxylic acids is 1. The first-order chi connectivity index (χ1) is 4.09. The normalized spacial score (nSPS) is 10.9. The van der Waals surface area contributed by atoms with Gasteiger partial charge in [-0.2, -0.15) is 0 Å². The van der Waals surface area contributed by atoms with Crippen molar-refractivity contribution in [3.8, 4) is 0 Å². The van der Waals surface area contributed by atoms with Crippen molar-refractivity contribution in [3.63, 3.8) is 0 Å². The van der Waals surface area contributed by atoms with Crippen LogP contribution >= 0.6 is 0 Å². The molecule has 0 aromatic carbocycles. The maximum Gasteiger partial charge on any atom is 1.00 e. The molecule has 0 saturated carbocycles. The number of carbonyl (C=O) groups excluding carboxylic acids is 3. The number of aldehydes is 1. The molecule has 4 nitrogen and oxygen atoms in total. The van der Waals surface area contributed by atoms with Crippen LogP contribution in [0, 0.1) is 5.92 Å². The molecule has 5 heteroatoms. The summed E-state index contributed by atoms with van der Waals surface area (Å²) in [7, 11) is 0. The molecule has 0 aliphatic carbocycles. The van der Waals surface area contributed by atoms with Crippen LogP contribution in [0.25, 0.3) is 0 Å². The number of Topliss-reactive ketones (excluding diaryl/α,β-unsaturated/α-hetero) is 1. The molecule has 1 unspecified atom stereocenters. The van der Waals surface area contributed by atoms with Crippen molar-refractivity contribution in [1.82, 2.24) is 0 Å². The summed E-state index contributed by atoms with van der Waals surface area (Å²) in [5.41, 5.74) is 0.